The van der Waals surface area contributed by atoms with Crippen molar-refractivity contribution in [1.29, 1.82) is 0 Å². The van der Waals surface area contributed by atoms with Crippen LogP contribution in [0.5, 0.6) is 0 Å². The van der Waals surface area contributed by atoms with Crippen LogP contribution in [0, 0.1) is 5.92 Å². The largest absolute Gasteiger partial charge is 0.315 e. The fourth-order valence-electron chi connectivity index (χ4n) is 1.46. The number of hydrogen-bond donors (Lipinski definition) is 2. The summed E-state index contributed by atoms with van der Waals surface area (Å²) in [5.41, 5.74) is 0. The number of rotatable bonds is 5. The first kappa shape index (κ1) is 11.9. The third kappa shape index (κ3) is 4.39. The van der Waals surface area contributed by atoms with Crippen LogP contribution in [0.1, 0.15) is 26.7 Å². The van der Waals surface area contributed by atoms with Crippen LogP contribution in [0.15, 0.2) is 0 Å². The Kier molecular flexibility index (Phi) is 4.34. The molecule has 1 rings (SSSR count). The molecule has 0 radical (unpaired) electrons. The predicted octanol–water partition coefficient (Wildman–Crippen LogP) is 0.314. The van der Waals surface area contributed by atoms with E-state index in [0.717, 1.165) is 25.9 Å². The first-order chi connectivity index (χ1) is 6.49. The topological polar surface area (TPSA) is 58.2 Å². The van der Waals surface area contributed by atoms with Gasteiger partial charge >= 0.3 is 0 Å². The molecule has 0 aromatic heterocycles. The zero-order valence-electron chi connectivity index (χ0n) is 8.91. The van der Waals surface area contributed by atoms with E-state index in [-0.39, 0.29) is 11.8 Å². The van der Waals surface area contributed by atoms with Crippen LogP contribution in [-0.2, 0) is 10.0 Å². The van der Waals surface area contributed by atoms with Crippen LogP contribution in [0.2, 0.25) is 0 Å². The van der Waals surface area contributed by atoms with Gasteiger partial charge in [-0.1, -0.05) is 13.8 Å². The molecule has 1 atom stereocenters. The van der Waals surface area contributed by atoms with Crippen LogP contribution in [0.4, 0.5) is 0 Å². The van der Waals surface area contributed by atoms with Gasteiger partial charge in [-0.15, -0.1) is 0 Å². The van der Waals surface area contributed by atoms with E-state index in [2.05, 4.69) is 10.0 Å². The molecule has 0 amide bonds. The lowest BCUT2D eigenvalue weighted by Crippen LogP contribution is -2.37. The lowest BCUT2D eigenvalue weighted by molar-refractivity contribution is 0.545. The molecule has 1 unspecified atom stereocenters. The fourth-order valence-corrected chi connectivity index (χ4v) is 3.07. The molecule has 1 aliphatic rings. The summed E-state index contributed by atoms with van der Waals surface area (Å²) in [5.74, 6) is 0.689. The van der Waals surface area contributed by atoms with E-state index in [1.807, 2.05) is 13.8 Å². The summed E-state index contributed by atoms with van der Waals surface area (Å²) in [6, 6.07) is 0.104. The molecule has 0 spiro atoms. The zero-order chi connectivity index (χ0) is 10.6. The Bertz CT molecular complexity index is 256. The van der Waals surface area contributed by atoms with Gasteiger partial charge in [0.15, 0.2) is 0 Å². The fraction of sp³-hybridized carbons (Fsp3) is 1.00. The van der Waals surface area contributed by atoms with E-state index in [1.54, 1.807) is 0 Å². The van der Waals surface area contributed by atoms with Crippen molar-refractivity contribution < 1.29 is 8.42 Å². The second-order valence-electron chi connectivity index (χ2n) is 4.31. The quantitative estimate of drug-likeness (QED) is 0.701. The molecule has 14 heavy (non-hydrogen) atoms. The standard InChI is InChI=1S/C9H20N2O2S/c1-8(2)4-6-14(12,13)11-9-3-5-10-7-9/h8-11H,3-7H2,1-2H3. The molecule has 0 aromatic rings. The van der Waals surface area contributed by atoms with Crippen LogP contribution >= 0.6 is 0 Å². The zero-order valence-corrected chi connectivity index (χ0v) is 9.73. The van der Waals surface area contributed by atoms with Crippen molar-refractivity contribution in [2.75, 3.05) is 18.8 Å². The monoisotopic (exact) mass is 220 g/mol. The maximum Gasteiger partial charge on any atom is 0.211 e. The summed E-state index contributed by atoms with van der Waals surface area (Å²) in [6.07, 6.45) is 1.64. The smallest absolute Gasteiger partial charge is 0.211 e. The first-order valence-electron chi connectivity index (χ1n) is 5.20. The molecule has 2 N–H and O–H groups in total. The Morgan fingerprint density at radius 2 is 2.21 bits per heavy atom. The summed E-state index contributed by atoms with van der Waals surface area (Å²) in [6.45, 7) is 5.75. The normalized spacial score (nSPS) is 23.2. The minimum Gasteiger partial charge on any atom is -0.315 e. The molecular weight excluding hydrogens is 200 g/mol. The van der Waals surface area contributed by atoms with Gasteiger partial charge < -0.3 is 5.32 Å². The van der Waals surface area contributed by atoms with E-state index in [4.69, 9.17) is 0 Å². The second kappa shape index (κ2) is 5.09. The van der Waals surface area contributed by atoms with E-state index in [0.29, 0.717) is 5.92 Å². The molecule has 1 saturated heterocycles. The highest BCUT2D eigenvalue weighted by atomic mass is 32.2. The van der Waals surface area contributed by atoms with Crippen molar-refractivity contribution in [3.63, 3.8) is 0 Å². The molecule has 0 aliphatic carbocycles. The number of nitrogens with one attached hydrogen (secondary N) is 2. The Labute approximate surface area is 86.5 Å². The highest BCUT2D eigenvalue weighted by Gasteiger charge is 2.20. The third-order valence-electron chi connectivity index (χ3n) is 2.37. The van der Waals surface area contributed by atoms with Crippen molar-refractivity contribution in [2.45, 2.75) is 32.7 Å². The minimum absolute atomic E-state index is 0.104. The van der Waals surface area contributed by atoms with Gasteiger partial charge in [-0.05, 0) is 25.3 Å². The average Bonchev–Trinajstić information content (AvgIpc) is 2.53. The van der Waals surface area contributed by atoms with Crippen molar-refractivity contribution in [3.05, 3.63) is 0 Å². The van der Waals surface area contributed by atoms with Gasteiger partial charge in [0.1, 0.15) is 0 Å². The molecular formula is C9H20N2O2S. The van der Waals surface area contributed by atoms with Crippen molar-refractivity contribution >= 4 is 10.0 Å². The molecule has 1 fully saturated rings. The maximum atomic E-state index is 11.6. The van der Waals surface area contributed by atoms with E-state index < -0.39 is 10.0 Å². The highest BCUT2D eigenvalue weighted by Crippen LogP contribution is 2.04. The molecule has 0 bridgehead atoms. The summed E-state index contributed by atoms with van der Waals surface area (Å²) in [5, 5.41) is 3.13. The Morgan fingerprint density at radius 1 is 1.50 bits per heavy atom. The van der Waals surface area contributed by atoms with Gasteiger partial charge in [0.2, 0.25) is 10.0 Å². The lowest BCUT2D eigenvalue weighted by Gasteiger charge is -2.12. The Balaban J connectivity index is 2.33. The summed E-state index contributed by atoms with van der Waals surface area (Å²) >= 11 is 0. The highest BCUT2D eigenvalue weighted by molar-refractivity contribution is 7.89. The molecule has 0 aromatic carbocycles. The molecule has 5 heteroatoms. The van der Waals surface area contributed by atoms with Crippen LogP contribution in [-0.4, -0.2) is 33.3 Å². The Hall–Kier alpha value is -0.130. The molecule has 1 heterocycles. The maximum absolute atomic E-state index is 11.6. The molecule has 1 aliphatic heterocycles. The number of hydrogen-bond acceptors (Lipinski definition) is 3. The lowest BCUT2D eigenvalue weighted by atomic mass is 10.2. The summed E-state index contributed by atoms with van der Waals surface area (Å²) in [7, 11) is -3.05. The van der Waals surface area contributed by atoms with Gasteiger partial charge in [-0.3, -0.25) is 0 Å². The second-order valence-corrected chi connectivity index (χ2v) is 6.18. The van der Waals surface area contributed by atoms with E-state index in [9.17, 15) is 8.42 Å². The van der Waals surface area contributed by atoms with Gasteiger partial charge in [0, 0.05) is 12.6 Å². The molecule has 0 saturated carbocycles. The number of sulfonamides is 1. The van der Waals surface area contributed by atoms with Crippen LogP contribution in [0.25, 0.3) is 0 Å². The molecule has 4 nitrogen and oxygen atoms in total. The van der Waals surface area contributed by atoms with Crippen molar-refractivity contribution in [1.82, 2.24) is 10.0 Å². The first-order valence-corrected chi connectivity index (χ1v) is 6.85. The van der Waals surface area contributed by atoms with Crippen LogP contribution in [0.3, 0.4) is 0 Å². The average molecular weight is 220 g/mol. The van der Waals surface area contributed by atoms with E-state index >= 15 is 0 Å². The summed E-state index contributed by atoms with van der Waals surface area (Å²) < 4.78 is 25.8. The van der Waals surface area contributed by atoms with Crippen molar-refractivity contribution in [2.24, 2.45) is 5.92 Å². The van der Waals surface area contributed by atoms with Gasteiger partial charge in [-0.2, -0.15) is 0 Å². The van der Waals surface area contributed by atoms with Crippen molar-refractivity contribution in [3.8, 4) is 0 Å². The predicted molar refractivity (Wildman–Crippen MR) is 57.7 cm³/mol. The SMILES string of the molecule is CC(C)CCS(=O)(=O)NC1CCNC1. The van der Waals surface area contributed by atoms with Gasteiger partial charge in [0.25, 0.3) is 0 Å². The van der Waals surface area contributed by atoms with E-state index in [1.165, 1.54) is 0 Å². The Morgan fingerprint density at radius 3 is 2.71 bits per heavy atom. The summed E-state index contributed by atoms with van der Waals surface area (Å²) in [4.78, 5) is 0. The van der Waals surface area contributed by atoms with Crippen LogP contribution < -0.4 is 10.0 Å². The van der Waals surface area contributed by atoms with Gasteiger partial charge in [0.05, 0.1) is 5.75 Å². The minimum atomic E-state index is -3.05. The third-order valence-corrected chi connectivity index (χ3v) is 3.84. The van der Waals surface area contributed by atoms with Gasteiger partial charge in [-0.25, -0.2) is 13.1 Å². The molecule has 84 valence electrons.